The Morgan fingerprint density at radius 1 is 1.20 bits per heavy atom. The third-order valence-electron chi connectivity index (χ3n) is 2.48. The number of rotatable bonds is 6. The van der Waals surface area contributed by atoms with Crippen molar-refractivity contribution in [3.05, 3.63) is 0 Å². The maximum Gasteiger partial charge on any atom is 0.343 e. The average Bonchev–Trinajstić information content (AvgIpc) is 2.02. The van der Waals surface area contributed by atoms with Crippen LogP contribution in [0.25, 0.3) is 0 Å². The van der Waals surface area contributed by atoms with E-state index in [0.717, 1.165) is 0 Å². The van der Waals surface area contributed by atoms with Crippen LogP contribution in [0.15, 0.2) is 0 Å². The summed E-state index contributed by atoms with van der Waals surface area (Å²) in [5, 5.41) is 0. The van der Waals surface area contributed by atoms with Crippen molar-refractivity contribution >= 4 is 31.6 Å². The maximum atomic E-state index is 12.6. The van der Waals surface area contributed by atoms with Crippen LogP contribution in [-0.2, 0) is 13.6 Å². The van der Waals surface area contributed by atoms with Gasteiger partial charge in [0.05, 0.1) is 21.3 Å². The molecule has 0 saturated heterocycles. The van der Waals surface area contributed by atoms with Gasteiger partial charge < -0.3 is 9.05 Å². The van der Waals surface area contributed by atoms with Gasteiger partial charge in [-0.1, -0.05) is 35.6 Å². The second-order valence-electron chi connectivity index (χ2n) is 4.54. The quantitative estimate of drug-likeness (QED) is 0.417. The molecule has 1 atom stereocenters. The fourth-order valence-corrected chi connectivity index (χ4v) is 6.56. The van der Waals surface area contributed by atoms with E-state index in [9.17, 15) is 4.57 Å². The van der Waals surface area contributed by atoms with E-state index in [1.54, 1.807) is 0 Å². The van der Waals surface area contributed by atoms with Crippen LogP contribution in [0, 0.1) is 0 Å². The molecule has 1 unspecified atom stereocenters. The van der Waals surface area contributed by atoms with Crippen molar-refractivity contribution in [3.8, 4) is 0 Å². The van der Waals surface area contributed by atoms with Crippen molar-refractivity contribution in [2.75, 3.05) is 13.2 Å². The summed E-state index contributed by atoms with van der Waals surface area (Å²) in [6.07, 6.45) is 0. The average molecular weight is 317 g/mol. The summed E-state index contributed by atoms with van der Waals surface area (Å²) in [6, 6.07) is 0. The molecule has 0 amide bonds. The van der Waals surface area contributed by atoms with Crippen molar-refractivity contribution in [2.24, 2.45) is 0 Å². The fourth-order valence-electron chi connectivity index (χ4n) is 1.03. The molecule has 0 saturated carbocycles. The van der Waals surface area contributed by atoms with E-state index in [0.29, 0.717) is 13.2 Å². The zero-order valence-electron chi connectivity index (χ0n) is 10.5. The van der Waals surface area contributed by atoms with Crippen LogP contribution in [0.5, 0.6) is 0 Å². The fraction of sp³-hybridized carbons (Fsp3) is 1.00. The first-order chi connectivity index (χ1) is 6.62. The first-order valence-electron chi connectivity index (χ1n) is 5.20. The Bertz CT molecular complexity index is 240. The van der Waals surface area contributed by atoms with Gasteiger partial charge in [0, 0.05) is 0 Å². The number of alkyl halides is 1. The third kappa shape index (κ3) is 3.40. The van der Waals surface area contributed by atoms with Crippen LogP contribution in [0.3, 0.4) is 0 Å². The second-order valence-corrected chi connectivity index (χ2v) is 15.8. The first kappa shape index (κ1) is 15.8. The lowest BCUT2D eigenvalue weighted by Gasteiger charge is -2.39. The lowest BCUT2D eigenvalue weighted by molar-refractivity contribution is 0.216. The topological polar surface area (TPSA) is 35.5 Å². The molecule has 0 radical (unpaired) electrons. The standard InChI is InChI=1S/C9H22BrO3PSi/c1-7-12-14(11,13-8-2)9(3,10)15(4,5)6/h7-8H2,1-6H3. The van der Waals surface area contributed by atoms with Gasteiger partial charge in [-0.2, -0.15) is 0 Å². The summed E-state index contributed by atoms with van der Waals surface area (Å²) in [5.74, 6) is 0. The Morgan fingerprint density at radius 2 is 1.53 bits per heavy atom. The Balaban J connectivity index is 5.16. The minimum absolute atomic E-state index is 0.406. The highest BCUT2D eigenvalue weighted by atomic mass is 79.9. The van der Waals surface area contributed by atoms with Crippen LogP contribution in [0.2, 0.25) is 19.6 Å². The monoisotopic (exact) mass is 316 g/mol. The molecule has 0 heterocycles. The molecule has 0 aliphatic carbocycles. The van der Waals surface area contributed by atoms with Crippen molar-refractivity contribution < 1.29 is 13.6 Å². The molecule has 0 fully saturated rings. The molecule has 0 rings (SSSR count). The molecule has 0 aromatic carbocycles. The van der Waals surface area contributed by atoms with Gasteiger partial charge in [0.1, 0.15) is 3.69 Å². The van der Waals surface area contributed by atoms with Crippen molar-refractivity contribution in [2.45, 2.75) is 44.1 Å². The summed E-state index contributed by atoms with van der Waals surface area (Å²) in [4.78, 5) is 0. The van der Waals surface area contributed by atoms with E-state index in [1.807, 2.05) is 20.8 Å². The minimum Gasteiger partial charge on any atom is -0.308 e. The third-order valence-corrected chi connectivity index (χ3v) is 15.1. The highest BCUT2D eigenvalue weighted by Crippen LogP contribution is 2.66. The Hall–Kier alpha value is 0.847. The molecule has 92 valence electrons. The number of hydrogen-bond acceptors (Lipinski definition) is 3. The molecular formula is C9H22BrO3PSi. The normalized spacial score (nSPS) is 17.5. The smallest absolute Gasteiger partial charge is 0.308 e. The number of hydrogen-bond donors (Lipinski definition) is 0. The van der Waals surface area contributed by atoms with Gasteiger partial charge in [0.2, 0.25) is 0 Å². The molecule has 0 aliphatic heterocycles. The molecular weight excluding hydrogens is 295 g/mol. The molecule has 3 nitrogen and oxygen atoms in total. The molecule has 6 heteroatoms. The molecule has 15 heavy (non-hydrogen) atoms. The molecule has 0 aliphatic rings. The molecule has 0 bridgehead atoms. The lowest BCUT2D eigenvalue weighted by atomic mass is 10.9. The van der Waals surface area contributed by atoms with Crippen LogP contribution in [-0.4, -0.2) is 25.0 Å². The van der Waals surface area contributed by atoms with Gasteiger partial charge in [-0.25, -0.2) is 0 Å². The van der Waals surface area contributed by atoms with Gasteiger partial charge in [0.25, 0.3) is 0 Å². The van der Waals surface area contributed by atoms with Crippen molar-refractivity contribution in [3.63, 3.8) is 0 Å². The van der Waals surface area contributed by atoms with E-state index in [2.05, 4.69) is 35.6 Å². The van der Waals surface area contributed by atoms with E-state index in [1.165, 1.54) is 0 Å². The molecule has 0 aromatic heterocycles. The minimum atomic E-state index is -3.07. The van der Waals surface area contributed by atoms with Gasteiger partial charge in [-0.3, -0.25) is 4.57 Å². The molecule has 0 spiro atoms. The van der Waals surface area contributed by atoms with Gasteiger partial charge >= 0.3 is 7.60 Å². The van der Waals surface area contributed by atoms with E-state index in [-0.39, 0.29) is 0 Å². The molecule has 0 aromatic rings. The maximum absolute atomic E-state index is 12.6. The highest BCUT2D eigenvalue weighted by molar-refractivity contribution is 9.11. The summed E-state index contributed by atoms with van der Waals surface area (Å²) in [5.41, 5.74) is 0. The van der Waals surface area contributed by atoms with E-state index >= 15 is 0 Å². The molecule has 0 N–H and O–H groups in total. The van der Waals surface area contributed by atoms with Crippen LogP contribution < -0.4 is 0 Å². The SMILES string of the molecule is CCOP(=O)(OCC)C(C)(Br)[Si](C)(C)C. The largest absolute Gasteiger partial charge is 0.343 e. The Labute approximate surface area is 103 Å². The predicted molar refractivity (Wildman–Crippen MR) is 71.5 cm³/mol. The van der Waals surface area contributed by atoms with Crippen LogP contribution in [0.4, 0.5) is 0 Å². The van der Waals surface area contributed by atoms with Crippen LogP contribution in [0.1, 0.15) is 20.8 Å². The van der Waals surface area contributed by atoms with Crippen molar-refractivity contribution in [1.82, 2.24) is 0 Å². The lowest BCUT2D eigenvalue weighted by Crippen LogP contribution is -2.45. The summed E-state index contributed by atoms with van der Waals surface area (Å²) in [7, 11) is -4.76. The summed E-state index contributed by atoms with van der Waals surface area (Å²) in [6.45, 7) is 12.8. The van der Waals surface area contributed by atoms with Crippen LogP contribution >= 0.6 is 23.5 Å². The second kappa shape index (κ2) is 5.45. The first-order valence-corrected chi connectivity index (χ1v) is 11.0. The zero-order chi connectivity index (χ0) is 12.3. The number of halogens is 1. The van der Waals surface area contributed by atoms with Crippen molar-refractivity contribution in [1.29, 1.82) is 0 Å². The Morgan fingerprint density at radius 3 is 1.73 bits per heavy atom. The van der Waals surface area contributed by atoms with Gasteiger partial charge in [0.15, 0.2) is 0 Å². The Kier molecular flexibility index (Phi) is 5.76. The van der Waals surface area contributed by atoms with Gasteiger partial charge in [-0.05, 0) is 20.8 Å². The van der Waals surface area contributed by atoms with E-state index in [4.69, 9.17) is 9.05 Å². The highest BCUT2D eigenvalue weighted by Gasteiger charge is 2.53. The summed E-state index contributed by atoms with van der Waals surface area (Å²) >= 11 is 3.58. The van der Waals surface area contributed by atoms with Gasteiger partial charge in [-0.15, -0.1) is 0 Å². The predicted octanol–water partition coefficient (Wildman–Crippen LogP) is 4.24. The zero-order valence-corrected chi connectivity index (χ0v) is 13.9. The van der Waals surface area contributed by atoms with E-state index < -0.39 is 19.4 Å². The summed E-state index contributed by atoms with van der Waals surface area (Å²) < 4.78 is 22.8.